The Hall–Kier alpha value is -3.59. The van der Waals surface area contributed by atoms with E-state index in [0.717, 1.165) is 22.5 Å². The van der Waals surface area contributed by atoms with Gasteiger partial charge in [0.05, 0.1) is 32.7 Å². The van der Waals surface area contributed by atoms with Gasteiger partial charge >= 0.3 is 0 Å². The summed E-state index contributed by atoms with van der Waals surface area (Å²) in [7, 11) is 6.41. The molecule has 0 atom stereocenters. The molecular formula is C23H24N4O4S. The Morgan fingerprint density at radius 1 is 1.03 bits per heavy atom. The number of rotatable bonds is 6. The van der Waals surface area contributed by atoms with Crippen LogP contribution in [0, 0.1) is 0 Å². The van der Waals surface area contributed by atoms with Crippen molar-refractivity contribution >= 4 is 28.6 Å². The lowest BCUT2D eigenvalue weighted by Gasteiger charge is -2.14. The lowest BCUT2D eigenvalue weighted by atomic mass is 10.1. The van der Waals surface area contributed by atoms with Crippen molar-refractivity contribution in [3.05, 3.63) is 52.1 Å². The minimum Gasteiger partial charge on any atom is -0.493 e. The molecule has 2 heterocycles. The van der Waals surface area contributed by atoms with Gasteiger partial charge in [-0.2, -0.15) is 5.10 Å². The number of para-hydroxylation sites is 1. The Labute approximate surface area is 190 Å². The quantitative estimate of drug-likeness (QED) is 0.574. The Bertz CT molecular complexity index is 1250. The largest absolute Gasteiger partial charge is 0.493 e. The van der Waals surface area contributed by atoms with Gasteiger partial charge in [-0.1, -0.05) is 18.2 Å². The first-order valence-corrected chi connectivity index (χ1v) is 10.9. The Kier molecular flexibility index (Phi) is 6.00. The fourth-order valence-corrected chi connectivity index (χ4v) is 4.54. The van der Waals surface area contributed by atoms with E-state index in [4.69, 9.17) is 19.3 Å². The van der Waals surface area contributed by atoms with Crippen LogP contribution in [0.1, 0.15) is 12.5 Å². The highest BCUT2D eigenvalue weighted by Crippen LogP contribution is 2.41. The number of carbonyl (C=O) groups is 1. The predicted octanol–water partition coefficient (Wildman–Crippen LogP) is 3.39. The van der Waals surface area contributed by atoms with Crippen LogP contribution in [-0.2, 0) is 4.79 Å². The lowest BCUT2D eigenvalue weighted by Crippen LogP contribution is -2.30. The molecule has 0 radical (unpaired) electrons. The molecule has 2 aromatic carbocycles. The maximum atomic E-state index is 13.1. The second kappa shape index (κ2) is 8.88. The first kappa shape index (κ1) is 21.6. The number of carbonyl (C=O) groups excluding carboxylic acids is 1. The topological polar surface area (TPSA) is 77.7 Å². The number of anilines is 1. The van der Waals surface area contributed by atoms with Crippen LogP contribution in [0.3, 0.4) is 0 Å². The van der Waals surface area contributed by atoms with Gasteiger partial charge in [-0.3, -0.25) is 9.79 Å². The van der Waals surface area contributed by atoms with E-state index in [0.29, 0.717) is 34.3 Å². The van der Waals surface area contributed by atoms with Crippen LogP contribution in [0.2, 0.25) is 0 Å². The van der Waals surface area contributed by atoms with Gasteiger partial charge in [0.1, 0.15) is 0 Å². The van der Waals surface area contributed by atoms with Crippen LogP contribution in [0.25, 0.3) is 11.3 Å². The third-order valence-electron chi connectivity index (χ3n) is 5.25. The SMILES string of the molecule is CCN1C(=O)C(=Nn2c(-c3cc(OC)c(OC)c(OC)c3)csc2=NC)c2ccccc21. The molecule has 1 amide bonds. The summed E-state index contributed by atoms with van der Waals surface area (Å²) in [4.78, 5) is 19.9. The van der Waals surface area contributed by atoms with Gasteiger partial charge in [-0.15, -0.1) is 11.3 Å². The molecule has 166 valence electrons. The average Bonchev–Trinajstić information content (AvgIpc) is 3.36. The lowest BCUT2D eigenvalue weighted by molar-refractivity contribution is -0.112. The number of likely N-dealkylation sites (N-methyl/N-ethyl adjacent to an activating group) is 1. The number of benzene rings is 2. The maximum absolute atomic E-state index is 13.1. The van der Waals surface area contributed by atoms with Gasteiger partial charge < -0.3 is 19.1 Å². The van der Waals surface area contributed by atoms with Crippen LogP contribution in [0.5, 0.6) is 17.2 Å². The zero-order valence-electron chi connectivity index (χ0n) is 18.6. The maximum Gasteiger partial charge on any atom is 0.279 e. The minimum atomic E-state index is -0.134. The average molecular weight is 453 g/mol. The smallest absolute Gasteiger partial charge is 0.279 e. The van der Waals surface area contributed by atoms with E-state index in [-0.39, 0.29) is 5.91 Å². The van der Waals surface area contributed by atoms with E-state index in [1.54, 1.807) is 38.0 Å². The standard InChI is InChI=1S/C23H24N4O4S/c1-6-26-16-10-8-7-9-15(16)20(22(26)28)25-27-17(13-32-23(27)24-2)14-11-18(29-3)21(31-5)19(12-14)30-4/h7-13H,6H2,1-5H3. The minimum absolute atomic E-state index is 0.134. The van der Waals surface area contributed by atoms with E-state index < -0.39 is 0 Å². The third kappa shape index (κ3) is 3.44. The second-order valence-electron chi connectivity index (χ2n) is 6.87. The molecule has 3 aromatic rings. The molecule has 1 aromatic heterocycles. The summed E-state index contributed by atoms with van der Waals surface area (Å²) in [5, 5.41) is 6.73. The van der Waals surface area contributed by atoms with E-state index in [1.165, 1.54) is 11.3 Å². The van der Waals surface area contributed by atoms with Crippen LogP contribution in [0.15, 0.2) is 51.9 Å². The van der Waals surface area contributed by atoms with E-state index in [9.17, 15) is 4.79 Å². The molecule has 1 aliphatic rings. The van der Waals surface area contributed by atoms with Gasteiger partial charge in [0, 0.05) is 30.1 Å². The molecule has 1 aliphatic heterocycles. The zero-order chi connectivity index (χ0) is 22.8. The molecule has 0 unspecified atom stereocenters. The number of fused-ring (bicyclic) bond motifs is 1. The summed E-state index contributed by atoms with van der Waals surface area (Å²) in [6.07, 6.45) is 0. The zero-order valence-corrected chi connectivity index (χ0v) is 19.4. The van der Waals surface area contributed by atoms with Gasteiger partial charge in [0.25, 0.3) is 5.91 Å². The van der Waals surface area contributed by atoms with Crippen molar-refractivity contribution in [1.82, 2.24) is 4.68 Å². The van der Waals surface area contributed by atoms with Crippen LogP contribution >= 0.6 is 11.3 Å². The van der Waals surface area contributed by atoms with Crippen molar-refractivity contribution in [3.8, 4) is 28.5 Å². The Balaban J connectivity index is 1.93. The first-order chi connectivity index (χ1) is 15.6. The number of ether oxygens (including phenoxy) is 3. The van der Waals surface area contributed by atoms with Crippen molar-refractivity contribution in [1.29, 1.82) is 0 Å². The normalized spacial score (nSPS) is 14.8. The van der Waals surface area contributed by atoms with E-state index in [1.807, 2.05) is 48.7 Å². The van der Waals surface area contributed by atoms with Crippen molar-refractivity contribution in [2.45, 2.75) is 6.92 Å². The molecule has 0 bridgehead atoms. The van der Waals surface area contributed by atoms with Crippen LogP contribution in [-0.4, -0.2) is 51.2 Å². The highest BCUT2D eigenvalue weighted by atomic mass is 32.1. The summed E-state index contributed by atoms with van der Waals surface area (Å²) in [6, 6.07) is 11.4. The fourth-order valence-electron chi connectivity index (χ4n) is 3.75. The number of amides is 1. The second-order valence-corrected chi connectivity index (χ2v) is 7.70. The van der Waals surface area contributed by atoms with Crippen molar-refractivity contribution in [3.63, 3.8) is 0 Å². The van der Waals surface area contributed by atoms with Crippen LogP contribution < -0.4 is 23.9 Å². The molecule has 32 heavy (non-hydrogen) atoms. The van der Waals surface area contributed by atoms with Crippen molar-refractivity contribution in [2.24, 2.45) is 10.1 Å². The molecule has 4 rings (SSSR count). The first-order valence-electron chi connectivity index (χ1n) is 10.0. The molecule has 0 saturated heterocycles. The van der Waals surface area contributed by atoms with E-state index in [2.05, 4.69) is 4.99 Å². The molecule has 0 saturated carbocycles. The number of hydrogen-bond donors (Lipinski definition) is 0. The van der Waals surface area contributed by atoms with Crippen molar-refractivity contribution in [2.75, 3.05) is 39.8 Å². The Morgan fingerprint density at radius 2 is 1.72 bits per heavy atom. The van der Waals surface area contributed by atoms with Crippen LogP contribution in [0.4, 0.5) is 5.69 Å². The Morgan fingerprint density at radius 3 is 2.31 bits per heavy atom. The summed E-state index contributed by atoms with van der Waals surface area (Å²) in [5.41, 5.74) is 3.59. The molecular weight excluding hydrogens is 428 g/mol. The molecule has 0 fully saturated rings. The van der Waals surface area contributed by atoms with Gasteiger partial charge in [-0.05, 0) is 25.1 Å². The molecule has 0 N–H and O–H groups in total. The molecule has 9 heteroatoms. The van der Waals surface area contributed by atoms with Gasteiger partial charge in [0.2, 0.25) is 10.6 Å². The van der Waals surface area contributed by atoms with Crippen molar-refractivity contribution < 1.29 is 19.0 Å². The number of hydrogen-bond acceptors (Lipinski definition) is 7. The molecule has 0 spiro atoms. The van der Waals surface area contributed by atoms with Gasteiger partial charge in [0.15, 0.2) is 17.2 Å². The molecule has 0 aliphatic carbocycles. The summed E-state index contributed by atoms with van der Waals surface area (Å²) in [5.74, 6) is 1.43. The fraction of sp³-hybridized carbons (Fsp3) is 0.261. The number of thiazole rings is 1. The monoisotopic (exact) mass is 452 g/mol. The third-order valence-corrected chi connectivity index (χ3v) is 6.16. The number of nitrogens with zero attached hydrogens (tertiary/aromatic N) is 4. The summed E-state index contributed by atoms with van der Waals surface area (Å²) < 4.78 is 18.1. The van der Waals surface area contributed by atoms with E-state index >= 15 is 0 Å². The number of aromatic nitrogens is 1. The molecule has 8 nitrogen and oxygen atoms in total. The number of methoxy groups -OCH3 is 3. The highest BCUT2D eigenvalue weighted by molar-refractivity contribution is 7.07. The predicted molar refractivity (Wildman–Crippen MR) is 125 cm³/mol. The summed E-state index contributed by atoms with van der Waals surface area (Å²) in [6.45, 7) is 2.51. The summed E-state index contributed by atoms with van der Waals surface area (Å²) >= 11 is 1.43. The van der Waals surface area contributed by atoms with Gasteiger partial charge in [-0.25, -0.2) is 4.68 Å². The highest BCUT2D eigenvalue weighted by Gasteiger charge is 2.33.